The largest absolute Gasteiger partial charge is 0.271 e. The third-order valence-corrected chi connectivity index (χ3v) is 4.06. The molecule has 1 atom stereocenters. The molecular formula is C16H19N3. The molecular weight excluding hydrogens is 234 g/mol. The summed E-state index contributed by atoms with van der Waals surface area (Å²) >= 11 is 0. The normalized spacial score (nSPS) is 16.9. The lowest BCUT2D eigenvalue weighted by Crippen LogP contribution is -2.30. The highest BCUT2D eigenvalue weighted by molar-refractivity contribution is 5.39. The number of hydrazine groups is 1. The predicted octanol–water partition coefficient (Wildman–Crippen LogP) is 2.90. The number of rotatable bonds is 4. The Balaban J connectivity index is 1.99. The van der Waals surface area contributed by atoms with Crippen molar-refractivity contribution in [3.8, 4) is 0 Å². The van der Waals surface area contributed by atoms with Gasteiger partial charge in [0.2, 0.25) is 0 Å². The number of nitrogens with zero attached hydrogens (tertiary/aromatic N) is 1. The van der Waals surface area contributed by atoms with E-state index in [-0.39, 0.29) is 6.04 Å². The number of hydrogen-bond acceptors (Lipinski definition) is 3. The second kappa shape index (κ2) is 5.51. The fraction of sp³-hybridized carbons (Fsp3) is 0.312. The van der Waals surface area contributed by atoms with Crippen LogP contribution in [0, 0.1) is 0 Å². The van der Waals surface area contributed by atoms with Gasteiger partial charge in [-0.2, -0.15) is 0 Å². The molecule has 1 saturated carbocycles. The standard InChI is InChI=1S/C16H19N3/c17-19-16(13-8-10-18-11-9-13)15-7-2-1-6-14(15)12-4-3-5-12/h1-2,6-12,16,19H,3-5,17H2. The molecule has 0 saturated heterocycles. The average molecular weight is 253 g/mol. The third-order valence-electron chi connectivity index (χ3n) is 4.06. The van der Waals surface area contributed by atoms with Crippen LogP contribution in [0.2, 0.25) is 0 Å². The second-order valence-corrected chi connectivity index (χ2v) is 5.14. The number of aromatic nitrogens is 1. The maximum atomic E-state index is 5.79. The van der Waals surface area contributed by atoms with Gasteiger partial charge in [0.25, 0.3) is 0 Å². The van der Waals surface area contributed by atoms with Crippen molar-refractivity contribution in [2.45, 2.75) is 31.2 Å². The first-order valence-electron chi connectivity index (χ1n) is 6.85. The highest BCUT2D eigenvalue weighted by Crippen LogP contribution is 2.40. The molecule has 1 heterocycles. The van der Waals surface area contributed by atoms with E-state index in [1.165, 1.54) is 30.4 Å². The number of benzene rings is 1. The first-order valence-corrected chi connectivity index (χ1v) is 6.85. The third kappa shape index (κ3) is 2.39. The van der Waals surface area contributed by atoms with Crippen LogP contribution in [0.4, 0.5) is 0 Å². The molecule has 0 amide bonds. The van der Waals surface area contributed by atoms with Gasteiger partial charge in [-0.1, -0.05) is 30.7 Å². The van der Waals surface area contributed by atoms with Crippen molar-refractivity contribution in [3.05, 3.63) is 65.5 Å². The van der Waals surface area contributed by atoms with Crippen molar-refractivity contribution in [1.29, 1.82) is 0 Å². The zero-order valence-corrected chi connectivity index (χ0v) is 10.9. The topological polar surface area (TPSA) is 50.9 Å². The van der Waals surface area contributed by atoms with Gasteiger partial charge in [-0.15, -0.1) is 0 Å². The molecule has 1 aliphatic carbocycles. The average Bonchev–Trinajstić information content (AvgIpc) is 2.41. The lowest BCUT2D eigenvalue weighted by molar-refractivity contribution is 0.414. The molecule has 1 aliphatic rings. The maximum Gasteiger partial charge on any atom is 0.0713 e. The van der Waals surface area contributed by atoms with E-state index in [0.29, 0.717) is 5.92 Å². The first kappa shape index (κ1) is 12.3. The molecule has 1 aromatic carbocycles. The van der Waals surface area contributed by atoms with Crippen LogP contribution >= 0.6 is 0 Å². The molecule has 1 fully saturated rings. The Morgan fingerprint density at radius 2 is 1.84 bits per heavy atom. The molecule has 1 unspecified atom stereocenters. The lowest BCUT2D eigenvalue weighted by Gasteiger charge is -2.30. The highest BCUT2D eigenvalue weighted by Gasteiger charge is 2.25. The van der Waals surface area contributed by atoms with Crippen molar-refractivity contribution in [3.63, 3.8) is 0 Å². The van der Waals surface area contributed by atoms with Crippen molar-refractivity contribution in [2.75, 3.05) is 0 Å². The van der Waals surface area contributed by atoms with Crippen LogP contribution in [0.1, 0.15) is 47.9 Å². The quantitative estimate of drug-likeness (QED) is 0.650. The van der Waals surface area contributed by atoms with Gasteiger partial charge < -0.3 is 0 Å². The van der Waals surface area contributed by atoms with E-state index >= 15 is 0 Å². The Bertz CT molecular complexity index is 535. The van der Waals surface area contributed by atoms with Crippen molar-refractivity contribution < 1.29 is 0 Å². The SMILES string of the molecule is NNC(c1ccncc1)c1ccccc1C1CCC1. The summed E-state index contributed by atoms with van der Waals surface area (Å²) in [6.07, 6.45) is 7.56. The summed E-state index contributed by atoms with van der Waals surface area (Å²) in [7, 11) is 0. The Hall–Kier alpha value is -1.71. The predicted molar refractivity (Wildman–Crippen MR) is 76.4 cm³/mol. The highest BCUT2D eigenvalue weighted by atomic mass is 15.2. The molecule has 3 nitrogen and oxygen atoms in total. The van der Waals surface area contributed by atoms with Crippen LogP contribution in [-0.4, -0.2) is 4.98 Å². The molecule has 3 rings (SSSR count). The van der Waals surface area contributed by atoms with Crippen LogP contribution in [0.15, 0.2) is 48.8 Å². The van der Waals surface area contributed by atoms with Gasteiger partial charge in [-0.3, -0.25) is 10.8 Å². The molecule has 3 N–H and O–H groups in total. The van der Waals surface area contributed by atoms with Crippen molar-refractivity contribution in [2.24, 2.45) is 5.84 Å². The molecule has 98 valence electrons. The Morgan fingerprint density at radius 1 is 1.11 bits per heavy atom. The molecule has 0 aliphatic heterocycles. The van der Waals surface area contributed by atoms with Gasteiger partial charge in [0.15, 0.2) is 0 Å². The second-order valence-electron chi connectivity index (χ2n) is 5.14. The molecule has 19 heavy (non-hydrogen) atoms. The van der Waals surface area contributed by atoms with E-state index in [4.69, 9.17) is 5.84 Å². The summed E-state index contributed by atoms with van der Waals surface area (Å²) in [4.78, 5) is 4.07. The van der Waals surface area contributed by atoms with E-state index < -0.39 is 0 Å². The van der Waals surface area contributed by atoms with Crippen molar-refractivity contribution in [1.82, 2.24) is 10.4 Å². The Labute approximate surface area is 113 Å². The van der Waals surface area contributed by atoms with Crippen LogP contribution in [0.5, 0.6) is 0 Å². The van der Waals surface area contributed by atoms with E-state index in [0.717, 1.165) is 5.56 Å². The summed E-state index contributed by atoms with van der Waals surface area (Å²) in [6, 6.07) is 12.7. The van der Waals surface area contributed by atoms with Gasteiger partial charge in [-0.25, -0.2) is 5.43 Å². The van der Waals surface area contributed by atoms with E-state index in [1.54, 1.807) is 0 Å². The van der Waals surface area contributed by atoms with Crippen LogP contribution in [0.25, 0.3) is 0 Å². The molecule has 0 radical (unpaired) electrons. The number of nitrogens with one attached hydrogen (secondary N) is 1. The van der Waals surface area contributed by atoms with E-state index in [2.05, 4.69) is 34.7 Å². The molecule has 3 heteroatoms. The van der Waals surface area contributed by atoms with Crippen molar-refractivity contribution >= 4 is 0 Å². The Morgan fingerprint density at radius 3 is 2.47 bits per heavy atom. The zero-order valence-electron chi connectivity index (χ0n) is 10.9. The lowest BCUT2D eigenvalue weighted by atomic mass is 9.76. The Kier molecular flexibility index (Phi) is 3.58. The summed E-state index contributed by atoms with van der Waals surface area (Å²) in [6.45, 7) is 0. The number of nitrogens with two attached hydrogens (primary N) is 1. The van der Waals surface area contributed by atoms with E-state index in [9.17, 15) is 0 Å². The van der Waals surface area contributed by atoms with Gasteiger partial charge in [-0.05, 0) is 47.6 Å². The van der Waals surface area contributed by atoms with Gasteiger partial charge in [0.1, 0.15) is 0 Å². The van der Waals surface area contributed by atoms with Gasteiger partial charge >= 0.3 is 0 Å². The summed E-state index contributed by atoms with van der Waals surface area (Å²) in [5.74, 6) is 6.50. The fourth-order valence-electron chi connectivity index (χ4n) is 2.79. The molecule has 0 bridgehead atoms. The van der Waals surface area contributed by atoms with Crippen LogP contribution in [-0.2, 0) is 0 Å². The minimum atomic E-state index is 0.0415. The summed E-state index contributed by atoms with van der Waals surface area (Å²) in [5.41, 5.74) is 6.84. The van der Waals surface area contributed by atoms with Crippen LogP contribution in [0.3, 0.4) is 0 Å². The molecule has 0 spiro atoms. The van der Waals surface area contributed by atoms with E-state index in [1.807, 2.05) is 24.5 Å². The monoisotopic (exact) mass is 253 g/mol. The zero-order chi connectivity index (χ0) is 13.1. The fourth-order valence-corrected chi connectivity index (χ4v) is 2.79. The van der Waals surface area contributed by atoms with Gasteiger partial charge in [0, 0.05) is 12.4 Å². The summed E-state index contributed by atoms with van der Waals surface area (Å²) < 4.78 is 0. The minimum absolute atomic E-state index is 0.0415. The minimum Gasteiger partial charge on any atom is -0.271 e. The van der Waals surface area contributed by atoms with Crippen LogP contribution < -0.4 is 11.3 Å². The van der Waals surface area contributed by atoms with Gasteiger partial charge in [0.05, 0.1) is 6.04 Å². The molecule has 1 aromatic heterocycles. The summed E-state index contributed by atoms with van der Waals surface area (Å²) in [5, 5.41) is 0. The smallest absolute Gasteiger partial charge is 0.0713 e. The number of hydrogen-bond donors (Lipinski definition) is 2. The number of pyridine rings is 1. The maximum absolute atomic E-state index is 5.79. The first-order chi connectivity index (χ1) is 9.40. The molecule has 2 aromatic rings.